The van der Waals surface area contributed by atoms with Crippen LogP contribution in [0.3, 0.4) is 0 Å². The second kappa shape index (κ2) is 4.63. The van der Waals surface area contributed by atoms with Gasteiger partial charge in [0, 0.05) is 19.1 Å². The van der Waals surface area contributed by atoms with Crippen molar-refractivity contribution in [2.45, 2.75) is 25.8 Å². The van der Waals surface area contributed by atoms with E-state index in [1.807, 2.05) is 7.05 Å². The number of hydrogen-bond acceptors (Lipinski definition) is 2. The van der Waals surface area contributed by atoms with Gasteiger partial charge in [0.1, 0.15) is 0 Å². The van der Waals surface area contributed by atoms with E-state index >= 15 is 0 Å². The number of hydrogen-bond donors (Lipinski definition) is 1. The third-order valence-corrected chi connectivity index (χ3v) is 2.48. The summed E-state index contributed by atoms with van der Waals surface area (Å²) in [6, 6.07) is 0.614. The molecular formula is C10H20N2. The van der Waals surface area contributed by atoms with Crippen LogP contribution in [0.4, 0.5) is 0 Å². The Kier molecular flexibility index (Phi) is 3.76. The first-order valence-electron chi connectivity index (χ1n) is 4.76. The molecule has 1 aliphatic heterocycles. The van der Waals surface area contributed by atoms with Gasteiger partial charge in [0.25, 0.3) is 0 Å². The van der Waals surface area contributed by atoms with Crippen molar-refractivity contribution in [3.05, 3.63) is 11.6 Å². The highest BCUT2D eigenvalue weighted by Crippen LogP contribution is 2.12. The van der Waals surface area contributed by atoms with E-state index < -0.39 is 0 Å². The normalized spacial score (nSPS) is 22.1. The van der Waals surface area contributed by atoms with Crippen molar-refractivity contribution < 1.29 is 0 Å². The maximum absolute atomic E-state index is 3.27. The van der Waals surface area contributed by atoms with Crippen molar-refractivity contribution in [1.82, 2.24) is 10.2 Å². The van der Waals surface area contributed by atoms with Gasteiger partial charge >= 0.3 is 0 Å². The molecule has 1 atom stereocenters. The minimum absolute atomic E-state index is 0.614. The van der Waals surface area contributed by atoms with Crippen molar-refractivity contribution in [3.63, 3.8) is 0 Å². The molecule has 70 valence electrons. The van der Waals surface area contributed by atoms with E-state index in [4.69, 9.17) is 0 Å². The summed E-state index contributed by atoms with van der Waals surface area (Å²) < 4.78 is 0. The molecule has 2 heteroatoms. The summed E-state index contributed by atoms with van der Waals surface area (Å²) in [4.78, 5) is 2.39. The van der Waals surface area contributed by atoms with E-state index in [1.165, 1.54) is 19.4 Å². The standard InChI is InChI=1S/C10H20N2/c1-9(11-2)7-10-5-4-6-12(3)8-10/h5,9,11H,4,6-8H2,1-3H3. The van der Waals surface area contributed by atoms with Gasteiger partial charge in [-0.1, -0.05) is 11.6 Å². The Balaban J connectivity index is 2.36. The minimum Gasteiger partial charge on any atom is -0.317 e. The topological polar surface area (TPSA) is 15.3 Å². The smallest absolute Gasteiger partial charge is 0.0190 e. The molecule has 0 amide bonds. The largest absolute Gasteiger partial charge is 0.317 e. The molecule has 1 N–H and O–H groups in total. The number of nitrogens with zero attached hydrogens (tertiary/aromatic N) is 1. The van der Waals surface area contributed by atoms with Crippen LogP contribution in [0.15, 0.2) is 11.6 Å². The third-order valence-electron chi connectivity index (χ3n) is 2.48. The van der Waals surface area contributed by atoms with E-state index in [9.17, 15) is 0 Å². The lowest BCUT2D eigenvalue weighted by Gasteiger charge is -2.24. The summed E-state index contributed by atoms with van der Waals surface area (Å²) in [6.45, 7) is 4.61. The van der Waals surface area contributed by atoms with Gasteiger partial charge in [0.2, 0.25) is 0 Å². The number of rotatable bonds is 3. The zero-order valence-electron chi connectivity index (χ0n) is 8.43. The molecule has 12 heavy (non-hydrogen) atoms. The number of nitrogens with one attached hydrogen (secondary N) is 1. The van der Waals surface area contributed by atoms with Crippen LogP contribution < -0.4 is 5.32 Å². The summed E-state index contributed by atoms with van der Waals surface area (Å²) in [5.41, 5.74) is 1.59. The van der Waals surface area contributed by atoms with Crippen LogP contribution in [0.1, 0.15) is 19.8 Å². The van der Waals surface area contributed by atoms with Crippen LogP contribution in [0, 0.1) is 0 Å². The molecule has 2 nitrogen and oxygen atoms in total. The molecule has 1 aliphatic rings. The van der Waals surface area contributed by atoms with Crippen molar-refractivity contribution in [3.8, 4) is 0 Å². The zero-order valence-corrected chi connectivity index (χ0v) is 8.43. The molecule has 0 aromatic carbocycles. The maximum Gasteiger partial charge on any atom is 0.0190 e. The predicted molar refractivity (Wildman–Crippen MR) is 53.3 cm³/mol. The highest BCUT2D eigenvalue weighted by Gasteiger charge is 2.10. The Morgan fingerprint density at radius 3 is 3.00 bits per heavy atom. The van der Waals surface area contributed by atoms with E-state index in [0.717, 1.165) is 6.54 Å². The fourth-order valence-electron chi connectivity index (χ4n) is 1.62. The molecule has 1 heterocycles. The third kappa shape index (κ3) is 2.95. The lowest BCUT2D eigenvalue weighted by molar-refractivity contribution is 0.346. The monoisotopic (exact) mass is 168 g/mol. The van der Waals surface area contributed by atoms with Gasteiger partial charge in [-0.3, -0.25) is 0 Å². The minimum atomic E-state index is 0.614. The first-order chi connectivity index (χ1) is 5.72. The Morgan fingerprint density at radius 1 is 1.67 bits per heavy atom. The van der Waals surface area contributed by atoms with E-state index in [1.54, 1.807) is 5.57 Å². The summed E-state index contributed by atoms with van der Waals surface area (Å²) in [6.07, 6.45) is 4.82. The molecule has 0 aliphatic carbocycles. The fraction of sp³-hybridized carbons (Fsp3) is 0.800. The molecule has 0 saturated heterocycles. The molecule has 0 spiro atoms. The number of likely N-dealkylation sites (N-methyl/N-ethyl adjacent to an activating group) is 1. The second-order valence-electron chi connectivity index (χ2n) is 3.78. The molecule has 1 rings (SSSR count). The first kappa shape index (κ1) is 9.75. The Morgan fingerprint density at radius 2 is 2.42 bits per heavy atom. The lowest BCUT2D eigenvalue weighted by Crippen LogP contribution is -2.29. The molecule has 1 unspecified atom stereocenters. The van der Waals surface area contributed by atoms with Crippen molar-refractivity contribution in [2.24, 2.45) is 0 Å². The quantitative estimate of drug-likeness (QED) is 0.638. The molecule has 0 bridgehead atoms. The summed E-state index contributed by atoms with van der Waals surface area (Å²) in [7, 11) is 4.22. The van der Waals surface area contributed by atoms with Gasteiger partial charge in [-0.25, -0.2) is 0 Å². The Labute approximate surface area is 75.6 Å². The predicted octanol–water partition coefficient (Wildman–Crippen LogP) is 1.25. The van der Waals surface area contributed by atoms with Crippen LogP contribution in [0.25, 0.3) is 0 Å². The van der Waals surface area contributed by atoms with Gasteiger partial charge in [-0.15, -0.1) is 0 Å². The van der Waals surface area contributed by atoms with Gasteiger partial charge < -0.3 is 10.2 Å². The molecule has 0 saturated carbocycles. The second-order valence-corrected chi connectivity index (χ2v) is 3.78. The van der Waals surface area contributed by atoms with Crippen molar-refractivity contribution in [2.75, 3.05) is 27.2 Å². The molecular weight excluding hydrogens is 148 g/mol. The Bertz CT molecular complexity index is 163. The summed E-state index contributed by atoms with van der Waals surface area (Å²) in [5, 5.41) is 3.27. The van der Waals surface area contributed by atoms with E-state index in [2.05, 4.69) is 30.3 Å². The Hall–Kier alpha value is -0.340. The summed E-state index contributed by atoms with van der Waals surface area (Å²) in [5.74, 6) is 0. The molecule has 0 aromatic rings. The van der Waals surface area contributed by atoms with Crippen LogP contribution in [0.5, 0.6) is 0 Å². The average molecular weight is 168 g/mol. The van der Waals surface area contributed by atoms with Crippen LogP contribution in [0.2, 0.25) is 0 Å². The lowest BCUT2D eigenvalue weighted by atomic mass is 10.0. The molecule has 0 fully saturated rings. The van der Waals surface area contributed by atoms with Gasteiger partial charge in [-0.2, -0.15) is 0 Å². The highest BCUT2D eigenvalue weighted by atomic mass is 15.1. The van der Waals surface area contributed by atoms with E-state index in [-0.39, 0.29) is 0 Å². The van der Waals surface area contributed by atoms with Gasteiger partial charge in [0.05, 0.1) is 0 Å². The van der Waals surface area contributed by atoms with Gasteiger partial charge in [-0.05, 0) is 33.9 Å². The SMILES string of the molecule is CNC(C)CC1=CCCN(C)C1. The van der Waals surface area contributed by atoms with Crippen LogP contribution >= 0.6 is 0 Å². The van der Waals surface area contributed by atoms with Gasteiger partial charge in [0.15, 0.2) is 0 Å². The van der Waals surface area contributed by atoms with Crippen LogP contribution in [-0.2, 0) is 0 Å². The molecule has 0 radical (unpaired) electrons. The fourth-order valence-corrected chi connectivity index (χ4v) is 1.62. The van der Waals surface area contributed by atoms with Crippen LogP contribution in [-0.4, -0.2) is 38.1 Å². The zero-order chi connectivity index (χ0) is 8.97. The van der Waals surface area contributed by atoms with E-state index in [0.29, 0.717) is 6.04 Å². The maximum atomic E-state index is 3.27. The van der Waals surface area contributed by atoms with Crippen molar-refractivity contribution in [1.29, 1.82) is 0 Å². The van der Waals surface area contributed by atoms with Crippen molar-refractivity contribution >= 4 is 0 Å². The summed E-state index contributed by atoms with van der Waals surface area (Å²) >= 11 is 0. The highest BCUT2D eigenvalue weighted by molar-refractivity contribution is 5.09. The first-order valence-corrected chi connectivity index (χ1v) is 4.76. The average Bonchev–Trinajstić information content (AvgIpc) is 2.04. The molecule has 0 aromatic heterocycles.